The van der Waals surface area contributed by atoms with E-state index in [0.29, 0.717) is 0 Å². The number of rotatable bonds is 1. The van der Waals surface area contributed by atoms with Gasteiger partial charge in [-0.3, -0.25) is 0 Å². The lowest BCUT2D eigenvalue weighted by Crippen LogP contribution is -2.14. The van der Waals surface area contributed by atoms with Gasteiger partial charge in [-0.05, 0) is 54.1 Å². The fourth-order valence-corrected chi connectivity index (χ4v) is 9.12. The molecule has 0 amide bonds. The lowest BCUT2D eigenvalue weighted by atomic mass is 9.90. The summed E-state index contributed by atoms with van der Waals surface area (Å²) in [5, 5.41) is 1.72. The molecule has 3 aliphatic rings. The Morgan fingerprint density at radius 1 is 0.765 bits per heavy atom. The molecule has 2 saturated carbocycles. The largest absolute Gasteiger partial charge is 0.0684 e. The van der Waals surface area contributed by atoms with Crippen molar-refractivity contribution in [3.8, 4) is 0 Å². The maximum absolute atomic E-state index is 2.42. The first-order chi connectivity index (χ1) is 8.45. The minimum Gasteiger partial charge on any atom is -0.0684 e. The van der Waals surface area contributed by atoms with Crippen LogP contribution in [0.4, 0.5) is 0 Å². The predicted octanol–water partition coefficient (Wildman–Crippen LogP) is 4.14. The topological polar surface area (TPSA) is 0 Å². The molecule has 2 aliphatic carbocycles. The van der Waals surface area contributed by atoms with Crippen LogP contribution in [0.25, 0.3) is 0 Å². The maximum Gasteiger partial charge on any atom is -0.0135 e. The van der Waals surface area contributed by atoms with Gasteiger partial charge in [0, 0.05) is 0 Å². The van der Waals surface area contributed by atoms with E-state index >= 15 is 0 Å². The van der Waals surface area contributed by atoms with Crippen LogP contribution in [0.2, 0.25) is 0 Å². The molecule has 1 aromatic rings. The van der Waals surface area contributed by atoms with Crippen molar-refractivity contribution in [2.45, 2.75) is 49.8 Å². The highest BCUT2D eigenvalue weighted by Gasteiger charge is 2.53. The molecule has 1 aliphatic heterocycles. The molecule has 0 nitrogen and oxygen atoms in total. The first-order valence-corrected chi connectivity index (χ1v) is 8.76. The lowest BCUT2D eigenvalue weighted by molar-refractivity contribution is 0.384. The van der Waals surface area contributed by atoms with Gasteiger partial charge in [-0.25, -0.2) is 0 Å². The van der Waals surface area contributed by atoms with E-state index in [-0.39, 0.29) is 7.92 Å². The van der Waals surface area contributed by atoms with E-state index in [0.717, 1.165) is 23.2 Å². The monoisotopic (exact) mass is 244 g/mol. The molecule has 0 radical (unpaired) electrons. The molecule has 0 aromatic heterocycles. The second-order valence-corrected chi connectivity index (χ2v) is 8.72. The van der Waals surface area contributed by atoms with E-state index < -0.39 is 0 Å². The van der Waals surface area contributed by atoms with Gasteiger partial charge in [0.25, 0.3) is 0 Å². The van der Waals surface area contributed by atoms with E-state index in [9.17, 15) is 0 Å². The Kier molecular flexibility index (Phi) is 2.54. The molecule has 4 rings (SSSR count). The first-order valence-electron chi connectivity index (χ1n) is 7.28. The Morgan fingerprint density at radius 3 is 1.94 bits per heavy atom. The van der Waals surface area contributed by atoms with Gasteiger partial charge >= 0.3 is 0 Å². The van der Waals surface area contributed by atoms with E-state index in [1.165, 1.54) is 25.7 Å². The van der Waals surface area contributed by atoms with Gasteiger partial charge < -0.3 is 0 Å². The fraction of sp³-hybridized carbons (Fsp3) is 0.625. The fourth-order valence-electron chi connectivity index (χ4n) is 4.86. The van der Waals surface area contributed by atoms with E-state index in [1.807, 2.05) is 0 Å². The zero-order valence-electron chi connectivity index (χ0n) is 10.4. The highest BCUT2D eigenvalue weighted by atomic mass is 31.1. The number of hydrogen-bond donors (Lipinski definition) is 0. The summed E-state index contributed by atoms with van der Waals surface area (Å²) in [5.74, 6) is 2.24. The summed E-state index contributed by atoms with van der Waals surface area (Å²) in [6, 6.07) is 11.5. The zero-order valence-corrected chi connectivity index (χ0v) is 11.3. The van der Waals surface area contributed by atoms with Crippen LogP contribution in [0.5, 0.6) is 0 Å². The predicted molar refractivity (Wildman–Crippen MR) is 75.3 cm³/mol. The molecular formula is C16H21P. The molecule has 0 unspecified atom stereocenters. The molecular weight excluding hydrogens is 223 g/mol. The van der Waals surface area contributed by atoms with Crippen molar-refractivity contribution in [3.05, 3.63) is 30.3 Å². The van der Waals surface area contributed by atoms with Crippen LogP contribution < -0.4 is 5.30 Å². The second-order valence-electron chi connectivity index (χ2n) is 6.07. The van der Waals surface area contributed by atoms with E-state index in [1.54, 1.807) is 18.1 Å². The summed E-state index contributed by atoms with van der Waals surface area (Å²) in [5.41, 5.74) is 2.20. The van der Waals surface area contributed by atoms with E-state index in [4.69, 9.17) is 0 Å². The van der Waals surface area contributed by atoms with E-state index in [2.05, 4.69) is 30.3 Å². The summed E-state index contributed by atoms with van der Waals surface area (Å²) in [7, 11) is 0.179. The highest BCUT2D eigenvalue weighted by molar-refractivity contribution is 7.67. The molecule has 1 aromatic carbocycles. The molecule has 1 heteroatoms. The quantitative estimate of drug-likeness (QED) is 0.651. The second kappa shape index (κ2) is 4.09. The molecule has 1 heterocycles. The Hall–Kier alpha value is -0.350. The molecule has 4 atom stereocenters. The average Bonchev–Trinajstić information content (AvgIpc) is 3.01. The summed E-state index contributed by atoms with van der Waals surface area (Å²) in [6.45, 7) is 0. The van der Waals surface area contributed by atoms with Crippen molar-refractivity contribution in [1.29, 1.82) is 0 Å². The van der Waals surface area contributed by atoms with Gasteiger partial charge in [-0.2, -0.15) is 0 Å². The molecule has 17 heavy (non-hydrogen) atoms. The number of benzene rings is 1. The third-order valence-corrected chi connectivity index (χ3v) is 8.99. The van der Waals surface area contributed by atoms with Crippen LogP contribution in [-0.4, -0.2) is 11.3 Å². The number of fused-ring (bicyclic) bond motifs is 3. The van der Waals surface area contributed by atoms with Gasteiger partial charge in [0.15, 0.2) is 0 Å². The van der Waals surface area contributed by atoms with Gasteiger partial charge in [-0.1, -0.05) is 51.1 Å². The highest BCUT2D eigenvalue weighted by Crippen LogP contribution is 2.68. The van der Waals surface area contributed by atoms with Gasteiger partial charge in [0.2, 0.25) is 0 Å². The summed E-state index contributed by atoms with van der Waals surface area (Å²) in [4.78, 5) is 0. The molecule has 0 N–H and O–H groups in total. The van der Waals surface area contributed by atoms with Crippen molar-refractivity contribution in [2.75, 3.05) is 0 Å². The van der Waals surface area contributed by atoms with Crippen LogP contribution in [-0.2, 0) is 0 Å². The lowest BCUT2D eigenvalue weighted by Gasteiger charge is -2.24. The SMILES string of the molecule is c1ccc(P2[C@H]3CCC[C@H]3[C@@H]3CCC[C@@H]32)cc1. The van der Waals surface area contributed by atoms with Crippen molar-refractivity contribution in [2.24, 2.45) is 11.8 Å². The molecule has 0 bridgehead atoms. The summed E-state index contributed by atoms with van der Waals surface area (Å²) < 4.78 is 0. The molecule has 3 fully saturated rings. The smallest absolute Gasteiger partial charge is 0.0135 e. The molecule has 90 valence electrons. The zero-order chi connectivity index (χ0) is 11.2. The minimum absolute atomic E-state index is 0.179. The van der Waals surface area contributed by atoms with Crippen LogP contribution in [0, 0.1) is 11.8 Å². The minimum atomic E-state index is 0.179. The Balaban J connectivity index is 1.73. The van der Waals surface area contributed by atoms with Crippen LogP contribution in [0.15, 0.2) is 30.3 Å². The van der Waals surface area contributed by atoms with Crippen molar-refractivity contribution < 1.29 is 0 Å². The Bertz CT molecular complexity index is 379. The normalized spacial score (nSPS) is 43.6. The third-order valence-electron chi connectivity index (χ3n) is 5.38. The Morgan fingerprint density at radius 2 is 1.35 bits per heavy atom. The van der Waals surface area contributed by atoms with Crippen molar-refractivity contribution in [1.82, 2.24) is 0 Å². The first kappa shape index (κ1) is 10.6. The van der Waals surface area contributed by atoms with Crippen molar-refractivity contribution >= 4 is 13.2 Å². The Labute approximate surface area is 106 Å². The van der Waals surface area contributed by atoms with Crippen molar-refractivity contribution in [3.63, 3.8) is 0 Å². The van der Waals surface area contributed by atoms with Crippen LogP contribution >= 0.6 is 7.92 Å². The van der Waals surface area contributed by atoms with Gasteiger partial charge in [0.1, 0.15) is 0 Å². The standard InChI is InChI=1S/C16H21P/c1-2-6-12(7-3-1)17-15-10-4-8-13(15)14-9-5-11-16(14)17/h1-3,6-7,13-16H,4-5,8-11H2/t13-,14-,15-,16-/m0/s1. The van der Waals surface area contributed by atoms with Crippen LogP contribution in [0.1, 0.15) is 38.5 Å². The molecule has 0 spiro atoms. The summed E-state index contributed by atoms with van der Waals surface area (Å²) in [6.07, 6.45) is 9.22. The van der Waals surface area contributed by atoms with Gasteiger partial charge in [0.05, 0.1) is 0 Å². The summed E-state index contributed by atoms with van der Waals surface area (Å²) >= 11 is 0. The average molecular weight is 244 g/mol. The molecule has 1 saturated heterocycles. The van der Waals surface area contributed by atoms with Crippen LogP contribution in [0.3, 0.4) is 0 Å². The third kappa shape index (κ3) is 1.53. The number of hydrogen-bond acceptors (Lipinski definition) is 0. The maximum atomic E-state index is 2.42. The van der Waals surface area contributed by atoms with Gasteiger partial charge in [-0.15, -0.1) is 0 Å².